The fraction of sp³-hybridized carbons (Fsp3) is 0.385. The van der Waals surface area contributed by atoms with Gasteiger partial charge in [0.05, 0.1) is 12.5 Å². The summed E-state index contributed by atoms with van der Waals surface area (Å²) in [6.45, 7) is 1.87. The summed E-state index contributed by atoms with van der Waals surface area (Å²) in [4.78, 5) is 24.9. The Morgan fingerprint density at radius 2 is 2.32 bits per heavy atom. The van der Waals surface area contributed by atoms with Crippen molar-refractivity contribution in [2.45, 2.75) is 19.0 Å². The normalized spacial score (nSPS) is 19.5. The van der Waals surface area contributed by atoms with Crippen LogP contribution in [0.3, 0.4) is 0 Å². The van der Waals surface area contributed by atoms with Crippen LogP contribution in [-0.2, 0) is 16.1 Å². The molecule has 102 valence electrons. The van der Waals surface area contributed by atoms with Crippen molar-refractivity contribution in [2.24, 2.45) is 5.73 Å². The van der Waals surface area contributed by atoms with E-state index >= 15 is 0 Å². The Bertz CT molecular complexity index is 493. The van der Waals surface area contributed by atoms with Gasteiger partial charge in [0.25, 0.3) is 0 Å². The molecule has 0 radical (unpaired) electrons. The van der Waals surface area contributed by atoms with Gasteiger partial charge in [0.2, 0.25) is 11.8 Å². The topological polar surface area (TPSA) is 75.4 Å². The molecule has 1 saturated heterocycles. The van der Waals surface area contributed by atoms with Crippen molar-refractivity contribution in [2.75, 3.05) is 13.1 Å². The molecule has 0 bridgehead atoms. The van der Waals surface area contributed by atoms with Gasteiger partial charge in [-0.25, -0.2) is 0 Å². The van der Waals surface area contributed by atoms with Crippen molar-refractivity contribution >= 4 is 27.7 Å². The van der Waals surface area contributed by atoms with E-state index in [9.17, 15) is 9.59 Å². The molecule has 1 heterocycles. The number of hydrogen-bond acceptors (Lipinski definition) is 3. The maximum absolute atomic E-state index is 12.2. The third-order valence-electron chi connectivity index (χ3n) is 3.05. The molecule has 1 unspecified atom stereocenters. The summed E-state index contributed by atoms with van der Waals surface area (Å²) in [5, 5.41) is 3.03. The molecule has 1 atom stereocenters. The highest BCUT2D eigenvalue weighted by atomic mass is 79.9. The molecule has 1 aromatic carbocycles. The Morgan fingerprint density at radius 3 is 3.00 bits per heavy atom. The lowest BCUT2D eigenvalue weighted by atomic mass is 10.1. The van der Waals surface area contributed by atoms with E-state index in [0.29, 0.717) is 19.6 Å². The summed E-state index contributed by atoms with van der Waals surface area (Å²) in [7, 11) is 0. The van der Waals surface area contributed by atoms with Gasteiger partial charge < -0.3 is 16.0 Å². The first kappa shape index (κ1) is 14.0. The number of carbonyl (C=O) groups is 2. The van der Waals surface area contributed by atoms with Crippen molar-refractivity contribution in [1.29, 1.82) is 0 Å². The zero-order valence-electron chi connectivity index (χ0n) is 10.4. The fourth-order valence-electron chi connectivity index (χ4n) is 2.16. The predicted octanol–water partition coefficient (Wildman–Crippen LogP) is 0.625. The molecule has 3 N–H and O–H groups in total. The van der Waals surface area contributed by atoms with Crippen LogP contribution in [0.4, 0.5) is 0 Å². The lowest BCUT2D eigenvalue weighted by Crippen LogP contribution is -2.55. The van der Waals surface area contributed by atoms with Crippen molar-refractivity contribution in [3.63, 3.8) is 0 Å². The Hall–Kier alpha value is -1.40. The van der Waals surface area contributed by atoms with E-state index in [1.807, 2.05) is 24.3 Å². The average molecular weight is 326 g/mol. The van der Waals surface area contributed by atoms with Gasteiger partial charge in [0, 0.05) is 24.1 Å². The second-order valence-corrected chi connectivity index (χ2v) is 5.48. The first-order chi connectivity index (χ1) is 9.06. The minimum Gasteiger partial charge on any atom is -0.370 e. The average Bonchev–Trinajstić information content (AvgIpc) is 2.34. The molecule has 0 aromatic heterocycles. The van der Waals surface area contributed by atoms with Crippen molar-refractivity contribution in [1.82, 2.24) is 10.2 Å². The number of nitrogens with one attached hydrogen (secondary N) is 1. The molecule has 1 aliphatic heterocycles. The molecule has 1 aromatic rings. The number of rotatable bonds is 4. The summed E-state index contributed by atoms with van der Waals surface area (Å²) in [5.41, 5.74) is 6.21. The maximum atomic E-state index is 12.2. The second kappa shape index (κ2) is 6.16. The zero-order chi connectivity index (χ0) is 13.8. The van der Waals surface area contributed by atoms with E-state index < -0.39 is 11.9 Å². The van der Waals surface area contributed by atoms with Crippen LogP contribution in [0.1, 0.15) is 12.0 Å². The molecule has 0 aliphatic carbocycles. The number of benzene rings is 1. The molecule has 2 rings (SSSR count). The lowest BCUT2D eigenvalue weighted by molar-refractivity contribution is -0.138. The molecule has 2 amide bonds. The van der Waals surface area contributed by atoms with Crippen LogP contribution in [0.2, 0.25) is 0 Å². The van der Waals surface area contributed by atoms with Crippen LogP contribution >= 0.6 is 15.9 Å². The van der Waals surface area contributed by atoms with Crippen molar-refractivity contribution < 1.29 is 9.59 Å². The predicted molar refractivity (Wildman–Crippen MR) is 75.2 cm³/mol. The fourth-order valence-corrected chi connectivity index (χ4v) is 2.61. The highest BCUT2D eigenvalue weighted by Gasteiger charge is 2.29. The van der Waals surface area contributed by atoms with Gasteiger partial charge in [0.15, 0.2) is 0 Å². The van der Waals surface area contributed by atoms with Crippen LogP contribution < -0.4 is 11.1 Å². The molecule has 0 spiro atoms. The monoisotopic (exact) mass is 325 g/mol. The largest absolute Gasteiger partial charge is 0.370 e. The third kappa shape index (κ3) is 3.78. The number of nitrogens with two attached hydrogens (primary N) is 1. The Morgan fingerprint density at radius 1 is 1.53 bits per heavy atom. The first-order valence-corrected chi connectivity index (χ1v) is 6.90. The molecule has 1 fully saturated rings. The molecular formula is C13H16BrN3O2. The van der Waals surface area contributed by atoms with Crippen LogP contribution in [-0.4, -0.2) is 35.8 Å². The summed E-state index contributed by atoms with van der Waals surface area (Å²) in [6.07, 6.45) is 0.0494. The lowest BCUT2D eigenvalue weighted by Gasteiger charge is -2.32. The number of amides is 2. The van der Waals surface area contributed by atoms with Crippen molar-refractivity contribution in [3.05, 3.63) is 34.3 Å². The Labute approximate surface area is 120 Å². The second-order valence-electron chi connectivity index (χ2n) is 4.57. The number of primary amides is 1. The van der Waals surface area contributed by atoms with Gasteiger partial charge >= 0.3 is 0 Å². The molecule has 19 heavy (non-hydrogen) atoms. The number of halogens is 1. The summed E-state index contributed by atoms with van der Waals surface area (Å²) >= 11 is 3.41. The van der Waals surface area contributed by atoms with Crippen LogP contribution in [0.5, 0.6) is 0 Å². The van der Waals surface area contributed by atoms with Crippen LogP contribution in [0.15, 0.2) is 28.7 Å². The number of hydrogen-bond donors (Lipinski definition) is 2. The van der Waals surface area contributed by atoms with E-state index in [-0.39, 0.29) is 12.3 Å². The van der Waals surface area contributed by atoms with E-state index in [4.69, 9.17) is 5.73 Å². The minimum absolute atomic E-state index is 0.0494. The van der Waals surface area contributed by atoms with E-state index in [0.717, 1.165) is 10.0 Å². The Kier molecular flexibility index (Phi) is 4.55. The SMILES string of the molecule is NC(=O)CC1NCCN(Cc2cccc(Br)c2)C1=O. The van der Waals surface area contributed by atoms with Gasteiger partial charge in [-0.1, -0.05) is 28.1 Å². The summed E-state index contributed by atoms with van der Waals surface area (Å²) in [5.74, 6) is -0.528. The maximum Gasteiger partial charge on any atom is 0.240 e. The number of nitrogens with zero attached hydrogens (tertiary/aromatic N) is 1. The van der Waals surface area contributed by atoms with Crippen LogP contribution in [0.25, 0.3) is 0 Å². The first-order valence-electron chi connectivity index (χ1n) is 6.11. The van der Waals surface area contributed by atoms with Gasteiger partial charge in [-0.15, -0.1) is 0 Å². The van der Waals surface area contributed by atoms with E-state index in [1.165, 1.54) is 0 Å². The molecular weight excluding hydrogens is 310 g/mol. The van der Waals surface area contributed by atoms with Gasteiger partial charge in [0.1, 0.15) is 0 Å². The van der Waals surface area contributed by atoms with E-state index in [2.05, 4.69) is 21.2 Å². The minimum atomic E-state index is -0.488. The standard InChI is InChI=1S/C13H16BrN3O2/c14-10-3-1-2-9(6-10)8-17-5-4-16-11(13(17)19)7-12(15)18/h1-3,6,11,16H,4-5,7-8H2,(H2,15,18). The Balaban J connectivity index is 2.03. The van der Waals surface area contributed by atoms with Crippen molar-refractivity contribution in [3.8, 4) is 0 Å². The van der Waals surface area contributed by atoms with Gasteiger partial charge in [-0.3, -0.25) is 9.59 Å². The third-order valence-corrected chi connectivity index (χ3v) is 3.54. The smallest absolute Gasteiger partial charge is 0.240 e. The van der Waals surface area contributed by atoms with Gasteiger partial charge in [-0.05, 0) is 17.7 Å². The number of carbonyl (C=O) groups excluding carboxylic acids is 2. The summed E-state index contributed by atoms with van der Waals surface area (Å²) in [6, 6.07) is 7.35. The molecule has 1 aliphatic rings. The number of piperazine rings is 1. The molecule has 6 heteroatoms. The highest BCUT2D eigenvalue weighted by molar-refractivity contribution is 9.10. The van der Waals surface area contributed by atoms with Gasteiger partial charge in [-0.2, -0.15) is 0 Å². The quantitative estimate of drug-likeness (QED) is 0.852. The summed E-state index contributed by atoms with van der Waals surface area (Å²) < 4.78 is 0.987. The zero-order valence-corrected chi connectivity index (χ0v) is 12.0. The van der Waals surface area contributed by atoms with E-state index in [1.54, 1.807) is 4.90 Å². The van der Waals surface area contributed by atoms with Crippen LogP contribution in [0, 0.1) is 0 Å². The highest BCUT2D eigenvalue weighted by Crippen LogP contribution is 2.15. The molecule has 5 nitrogen and oxygen atoms in total. The molecule has 0 saturated carbocycles.